The van der Waals surface area contributed by atoms with Crippen LogP contribution >= 0.6 is 0 Å². The number of pyridine rings is 1. The Labute approximate surface area is 124 Å². The summed E-state index contributed by atoms with van der Waals surface area (Å²) in [5.74, 6) is 1.05. The Morgan fingerprint density at radius 3 is 2.68 bits per heavy atom. The van der Waals surface area contributed by atoms with Gasteiger partial charge in [-0.05, 0) is 24.3 Å². The summed E-state index contributed by atoms with van der Waals surface area (Å²) >= 11 is 0. The number of ether oxygens (including phenoxy) is 1. The summed E-state index contributed by atoms with van der Waals surface area (Å²) in [6.45, 7) is 0. The van der Waals surface area contributed by atoms with E-state index in [4.69, 9.17) is 4.74 Å². The molecule has 0 aliphatic rings. The van der Waals surface area contributed by atoms with Gasteiger partial charge in [-0.2, -0.15) is 0 Å². The number of aromatic amines is 2. The number of anilines is 1. The lowest BCUT2D eigenvalue weighted by Gasteiger charge is -2.08. The summed E-state index contributed by atoms with van der Waals surface area (Å²) in [4.78, 5) is 31.8. The van der Waals surface area contributed by atoms with Gasteiger partial charge in [-0.25, -0.2) is 14.6 Å². The maximum absolute atomic E-state index is 11.3. The second kappa shape index (κ2) is 5.60. The zero-order chi connectivity index (χ0) is 15.5. The Kier molecular flexibility index (Phi) is 3.48. The van der Waals surface area contributed by atoms with Crippen molar-refractivity contribution >= 4 is 22.9 Å². The van der Waals surface area contributed by atoms with Crippen LogP contribution in [-0.2, 0) is 0 Å². The monoisotopic (exact) mass is 299 g/mol. The number of amides is 2. The number of nitrogens with zero attached hydrogens (tertiary/aromatic N) is 1. The fraction of sp³-hybridized carbons (Fsp3) is 0.0714. The van der Waals surface area contributed by atoms with Crippen LogP contribution in [0.15, 0.2) is 41.3 Å². The molecule has 3 aromatic rings. The number of carbonyl (C=O) groups is 1. The van der Waals surface area contributed by atoms with Gasteiger partial charge >= 0.3 is 11.7 Å². The van der Waals surface area contributed by atoms with Crippen molar-refractivity contribution in [2.75, 3.05) is 12.4 Å². The summed E-state index contributed by atoms with van der Waals surface area (Å²) in [5, 5.41) is 5.11. The van der Waals surface area contributed by atoms with Crippen molar-refractivity contribution in [2.45, 2.75) is 0 Å². The molecule has 8 heteroatoms. The Balaban J connectivity index is 1.83. The molecule has 0 bridgehead atoms. The lowest BCUT2D eigenvalue weighted by Crippen LogP contribution is -2.24. The molecule has 0 atom stereocenters. The van der Waals surface area contributed by atoms with Crippen molar-refractivity contribution in [2.24, 2.45) is 0 Å². The number of imidazole rings is 1. The molecule has 0 saturated carbocycles. The molecule has 2 aromatic heterocycles. The van der Waals surface area contributed by atoms with Crippen LogP contribution < -0.4 is 21.1 Å². The van der Waals surface area contributed by atoms with Gasteiger partial charge in [-0.15, -0.1) is 0 Å². The quantitative estimate of drug-likeness (QED) is 0.590. The van der Waals surface area contributed by atoms with Crippen molar-refractivity contribution in [1.29, 1.82) is 0 Å². The molecule has 0 aliphatic carbocycles. The van der Waals surface area contributed by atoms with Crippen LogP contribution in [0.3, 0.4) is 0 Å². The van der Waals surface area contributed by atoms with Gasteiger partial charge in [-0.1, -0.05) is 0 Å². The topological polar surface area (TPSA) is 112 Å². The first-order valence-corrected chi connectivity index (χ1v) is 6.49. The summed E-state index contributed by atoms with van der Waals surface area (Å²) < 4.78 is 5.73. The van der Waals surface area contributed by atoms with Gasteiger partial charge in [0.2, 0.25) is 0 Å². The van der Waals surface area contributed by atoms with Gasteiger partial charge in [0.25, 0.3) is 0 Å². The molecule has 0 aliphatic heterocycles. The van der Waals surface area contributed by atoms with Crippen molar-refractivity contribution < 1.29 is 9.53 Å². The molecule has 2 heterocycles. The van der Waals surface area contributed by atoms with E-state index in [1.165, 1.54) is 0 Å². The number of carbonyl (C=O) groups excluding carboxylic acids is 1. The third kappa shape index (κ3) is 2.75. The van der Waals surface area contributed by atoms with E-state index in [1.54, 1.807) is 43.6 Å². The average Bonchev–Trinajstić information content (AvgIpc) is 2.90. The zero-order valence-electron chi connectivity index (χ0n) is 11.6. The third-order valence-electron chi connectivity index (χ3n) is 2.95. The Morgan fingerprint density at radius 2 is 1.95 bits per heavy atom. The highest BCUT2D eigenvalue weighted by molar-refractivity contribution is 5.89. The van der Waals surface area contributed by atoms with Gasteiger partial charge in [-0.3, -0.25) is 4.98 Å². The first-order valence-electron chi connectivity index (χ1n) is 6.49. The van der Waals surface area contributed by atoms with E-state index in [1.807, 2.05) is 0 Å². The molecule has 0 saturated heterocycles. The van der Waals surface area contributed by atoms with Crippen molar-refractivity contribution in [3.8, 4) is 11.5 Å². The molecule has 8 nitrogen and oxygen atoms in total. The number of hydrogen-bond donors (Lipinski definition) is 4. The summed E-state index contributed by atoms with van der Waals surface area (Å²) in [6.07, 6.45) is 1.54. The Morgan fingerprint density at radius 1 is 1.18 bits per heavy atom. The fourth-order valence-electron chi connectivity index (χ4n) is 1.92. The van der Waals surface area contributed by atoms with Gasteiger partial charge in [0.15, 0.2) is 11.4 Å². The molecule has 0 radical (unpaired) electrons. The second-order valence-corrected chi connectivity index (χ2v) is 4.44. The van der Waals surface area contributed by atoms with E-state index < -0.39 is 0 Å². The molecule has 0 spiro atoms. The number of nitrogens with one attached hydrogen (secondary N) is 4. The van der Waals surface area contributed by atoms with E-state index in [2.05, 4.69) is 25.6 Å². The fourth-order valence-corrected chi connectivity index (χ4v) is 1.92. The maximum Gasteiger partial charge on any atom is 0.325 e. The lowest BCUT2D eigenvalue weighted by atomic mass is 10.3. The molecule has 2 amide bonds. The highest BCUT2D eigenvalue weighted by Crippen LogP contribution is 2.26. The van der Waals surface area contributed by atoms with Gasteiger partial charge in [0, 0.05) is 25.0 Å². The van der Waals surface area contributed by atoms with Gasteiger partial charge in [0.05, 0.1) is 0 Å². The average molecular weight is 299 g/mol. The first-order chi connectivity index (χ1) is 10.7. The minimum absolute atomic E-state index is 0.297. The number of urea groups is 1. The summed E-state index contributed by atoms with van der Waals surface area (Å²) in [6, 6.07) is 8.20. The lowest BCUT2D eigenvalue weighted by molar-refractivity contribution is 0.254. The number of H-pyrrole nitrogens is 2. The van der Waals surface area contributed by atoms with Crippen LogP contribution in [0.4, 0.5) is 10.5 Å². The molecule has 112 valence electrons. The molecular weight excluding hydrogens is 286 g/mol. The molecule has 4 N–H and O–H groups in total. The van der Waals surface area contributed by atoms with Crippen LogP contribution in [-0.4, -0.2) is 28.0 Å². The minimum Gasteiger partial charge on any atom is -0.455 e. The van der Waals surface area contributed by atoms with E-state index in [9.17, 15) is 9.59 Å². The molecular formula is C14H13N5O3. The largest absolute Gasteiger partial charge is 0.455 e. The second-order valence-electron chi connectivity index (χ2n) is 4.44. The summed E-state index contributed by atoms with van der Waals surface area (Å²) in [5.41, 5.74) is 1.23. The predicted molar refractivity (Wildman–Crippen MR) is 81.3 cm³/mol. The van der Waals surface area contributed by atoms with E-state index >= 15 is 0 Å². The highest BCUT2D eigenvalue weighted by atomic mass is 16.5. The van der Waals surface area contributed by atoms with Crippen LogP contribution in [0.5, 0.6) is 11.5 Å². The standard InChI is InChI=1S/C14H13N5O3/c1-15-13(20)17-8-2-4-9(5-3-8)22-10-6-7-16-12-11(10)18-14(21)19-12/h2-7H,1H3,(H2,15,17,20)(H2,16,18,19,21). The van der Waals surface area contributed by atoms with E-state index in [0.717, 1.165) is 0 Å². The summed E-state index contributed by atoms with van der Waals surface area (Å²) in [7, 11) is 1.54. The van der Waals surface area contributed by atoms with Crippen molar-refractivity contribution in [1.82, 2.24) is 20.3 Å². The third-order valence-corrected chi connectivity index (χ3v) is 2.95. The predicted octanol–water partition coefficient (Wildman–Crippen LogP) is 1.79. The SMILES string of the molecule is CNC(=O)Nc1ccc(Oc2ccnc3[nH]c(=O)[nH]c23)cc1. The molecule has 1 aromatic carbocycles. The number of rotatable bonds is 3. The maximum atomic E-state index is 11.3. The highest BCUT2D eigenvalue weighted by Gasteiger charge is 2.07. The van der Waals surface area contributed by atoms with E-state index in [0.29, 0.717) is 28.4 Å². The smallest absolute Gasteiger partial charge is 0.325 e. The van der Waals surface area contributed by atoms with Crippen LogP contribution in [0.2, 0.25) is 0 Å². The molecule has 0 fully saturated rings. The Hall–Kier alpha value is -3.29. The number of fused-ring (bicyclic) bond motifs is 1. The number of benzene rings is 1. The first kappa shape index (κ1) is 13.7. The van der Waals surface area contributed by atoms with E-state index in [-0.39, 0.29) is 11.7 Å². The normalized spacial score (nSPS) is 10.4. The van der Waals surface area contributed by atoms with Gasteiger partial charge in [0.1, 0.15) is 11.3 Å². The Bertz CT molecular complexity index is 866. The number of hydrogen-bond acceptors (Lipinski definition) is 4. The van der Waals surface area contributed by atoms with Crippen LogP contribution in [0.1, 0.15) is 0 Å². The molecule has 22 heavy (non-hydrogen) atoms. The van der Waals surface area contributed by atoms with Crippen LogP contribution in [0.25, 0.3) is 11.2 Å². The van der Waals surface area contributed by atoms with Crippen molar-refractivity contribution in [3.63, 3.8) is 0 Å². The van der Waals surface area contributed by atoms with Gasteiger partial charge < -0.3 is 20.4 Å². The molecule has 3 rings (SSSR count). The van der Waals surface area contributed by atoms with Crippen LogP contribution in [0, 0.1) is 0 Å². The number of aromatic nitrogens is 3. The van der Waals surface area contributed by atoms with Crippen molar-refractivity contribution in [3.05, 3.63) is 47.0 Å². The molecule has 0 unspecified atom stereocenters. The minimum atomic E-state index is -0.344. The zero-order valence-corrected chi connectivity index (χ0v) is 11.6.